The number of ether oxygens (including phenoxy) is 1. The fraction of sp³-hybridized carbons (Fsp3) is 0.389. The first-order valence-corrected chi connectivity index (χ1v) is 7.62. The molecule has 2 nitrogen and oxygen atoms in total. The molecule has 0 atom stereocenters. The molecule has 0 amide bonds. The quantitative estimate of drug-likeness (QED) is 0.667. The Labute approximate surface area is 126 Å². The Morgan fingerprint density at radius 2 is 1.95 bits per heavy atom. The number of aromatic nitrogens is 1. The van der Waals surface area contributed by atoms with Crippen LogP contribution < -0.4 is 4.74 Å². The van der Waals surface area contributed by atoms with Crippen LogP contribution in [-0.2, 0) is 6.42 Å². The van der Waals surface area contributed by atoms with E-state index >= 15 is 0 Å². The van der Waals surface area contributed by atoms with E-state index in [0.29, 0.717) is 23.6 Å². The zero-order valence-electron chi connectivity index (χ0n) is 12.7. The molecule has 3 heteroatoms. The molecule has 0 radical (unpaired) electrons. The molecule has 2 rings (SSSR count). The van der Waals surface area contributed by atoms with E-state index in [-0.39, 0.29) is 5.82 Å². The molecule has 0 unspecified atom stereocenters. The summed E-state index contributed by atoms with van der Waals surface area (Å²) in [6.45, 7) is 4.85. The van der Waals surface area contributed by atoms with Crippen molar-refractivity contribution in [1.29, 1.82) is 0 Å². The second-order valence-corrected chi connectivity index (χ2v) is 5.15. The van der Waals surface area contributed by atoms with Gasteiger partial charge >= 0.3 is 0 Å². The van der Waals surface area contributed by atoms with Gasteiger partial charge in [0.2, 0.25) is 0 Å². The van der Waals surface area contributed by atoms with E-state index in [1.54, 1.807) is 12.1 Å². The first-order valence-electron chi connectivity index (χ1n) is 7.62. The van der Waals surface area contributed by atoms with Gasteiger partial charge in [0.25, 0.3) is 0 Å². The van der Waals surface area contributed by atoms with Crippen molar-refractivity contribution >= 4 is 0 Å². The molecule has 0 N–H and O–H groups in total. The summed E-state index contributed by atoms with van der Waals surface area (Å²) in [6.07, 6.45) is 5.95. The molecule has 1 aromatic heterocycles. The van der Waals surface area contributed by atoms with Gasteiger partial charge in [-0.05, 0) is 36.6 Å². The predicted octanol–water partition coefficient (Wildman–Crippen LogP) is 5.02. The van der Waals surface area contributed by atoms with Crippen LogP contribution in [0.3, 0.4) is 0 Å². The molecule has 0 bridgehead atoms. The maximum atomic E-state index is 14.2. The van der Waals surface area contributed by atoms with Crippen molar-refractivity contribution in [1.82, 2.24) is 4.98 Å². The van der Waals surface area contributed by atoms with Crippen LogP contribution in [0.4, 0.5) is 4.39 Å². The highest BCUT2D eigenvalue weighted by atomic mass is 19.1. The van der Waals surface area contributed by atoms with E-state index in [2.05, 4.69) is 18.8 Å². The monoisotopic (exact) mass is 287 g/mol. The average molecular weight is 287 g/mol. The second-order valence-electron chi connectivity index (χ2n) is 5.15. The van der Waals surface area contributed by atoms with Gasteiger partial charge < -0.3 is 4.74 Å². The molecule has 0 saturated heterocycles. The average Bonchev–Trinajstić information content (AvgIpc) is 2.49. The maximum Gasteiger partial charge on any atom is 0.136 e. The number of hydrogen-bond acceptors (Lipinski definition) is 2. The highest BCUT2D eigenvalue weighted by Gasteiger charge is 2.08. The van der Waals surface area contributed by atoms with Crippen molar-refractivity contribution < 1.29 is 9.13 Å². The summed E-state index contributed by atoms with van der Waals surface area (Å²) in [7, 11) is 0. The molecule has 21 heavy (non-hydrogen) atoms. The van der Waals surface area contributed by atoms with Crippen LogP contribution in [0, 0.1) is 5.82 Å². The SMILES string of the molecule is CCCCOc1ccc(-c2ccc(CCC)cn2)c(F)c1. The Morgan fingerprint density at radius 3 is 2.57 bits per heavy atom. The van der Waals surface area contributed by atoms with E-state index in [0.717, 1.165) is 25.7 Å². The Hall–Kier alpha value is -1.90. The van der Waals surface area contributed by atoms with Crippen LogP contribution in [0.5, 0.6) is 5.75 Å². The fourth-order valence-corrected chi connectivity index (χ4v) is 2.15. The normalized spacial score (nSPS) is 10.6. The van der Waals surface area contributed by atoms with Crippen molar-refractivity contribution in [3.05, 3.63) is 47.9 Å². The van der Waals surface area contributed by atoms with Crippen LogP contribution >= 0.6 is 0 Å². The fourth-order valence-electron chi connectivity index (χ4n) is 2.15. The van der Waals surface area contributed by atoms with Crippen LogP contribution in [0.1, 0.15) is 38.7 Å². The second kappa shape index (κ2) is 7.77. The third-order valence-electron chi connectivity index (χ3n) is 3.35. The molecule has 1 heterocycles. The Morgan fingerprint density at radius 1 is 1.10 bits per heavy atom. The van der Waals surface area contributed by atoms with Gasteiger partial charge in [0.1, 0.15) is 11.6 Å². The lowest BCUT2D eigenvalue weighted by atomic mass is 10.1. The van der Waals surface area contributed by atoms with Crippen molar-refractivity contribution in [2.45, 2.75) is 39.5 Å². The third-order valence-corrected chi connectivity index (χ3v) is 3.35. The molecule has 0 aliphatic heterocycles. The van der Waals surface area contributed by atoms with Crippen molar-refractivity contribution in [3.8, 4) is 17.0 Å². The Kier molecular flexibility index (Phi) is 5.73. The summed E-state index contributed by atoms with van der Waals surface area (Å²) in [6, 6.07) is 8.86. The third kappa shape index (κ3) is 4.28. The summed E-state index contributed by atoms with van der Waals surface area (Å²) < 4.78 is 19.7. The molecule has 0 aliphatic carbocycles. The maximum absolute atomic E-state index is 14.2. The molecule has 0 aliphatic rings. The van der Waals surface area contributed by atoms with Crippen LogP contribution in [0.2, 0.25) is 0 Å². The standard InChI is InChI=1S/C18H22FNO/c1-3-5-11-21-15-8-9-16(17(19)12-15)18-10-7-14(6-4-2)13-20-18/h7-10,12-13H,3-6,11H2,1-2H3. The number of hydrogen-bond donors (Lipinski definition) is 0. The lowest BCUT2D eigenvalue weighted by Gasteiger charge is -2.08. The molecule has 0 spiro atoms. The van der Waals surface area contributed by atoms with E-state index in [4.69, 9.17) is 4.74 Å². The van der Waals surface area contributed by atoms with E-state index in [1.165, 1.54) is 11.6 Å². The summed E-state index contributed by atoms with van der Waals surface area (Å²) in [5.41, 5.74) is 2.36. The van der Waals surface area contributed by atoms with E-state index < -0.39 is 0 Å². The highest BCUT2D eigenvalue weighted by Crippen LogP contribution is 2.25. The van der Waals surface area contributed by atoms with Crippen molar-refractivity contribution in [2.75, 3.05) is 6.61 Å². The Balaban J connectivity index is 2.12. The van der Waals surface area contributed by atoms with Gasteiger partial charge in [0, 0.05) is 17.8 Å². The number of nitrogens with zero attached hydrogens (tertiary/aromatic N) is 1. The van der Waals surface area contributed by atoms with Gasteiger partial charge in [-0.3, -0.25) is 4.98 Å². The van der Waals surface area contributed by atoms with Crippen LogP contribution in [0.25, 0.3) is 11.3 Å². The number of rotatable bonds is 7. The number of aryl methyl sites for hydroxylation is 1. The molecule has 0 fully saturated rings. The minimum absolute atomic E-state index is 0.292. The first kappa shape index (κ1) is 15.5. The topological polar surface area (TPSA) is 22.1 Å². The number of pyridine rings is 1. The number of unbranched alkanes of at least 4 members (excludes halogenated alkanes) is 1. The number of halogens is 1. The molecule has 2 aromatic rings. The zero-order chi connectivity index (χ0) is 15.1. The zero-order valence-corrected chi connectivity index (χ0v) is 12.7. The van der Waals surface area contributed by atoms with E-state index in [1.807, 2.05) is 18.3 Å². The minimum atomic E-state index is -0.292. The van der Waals surface area contributed by atoms with Gasteiger partial charge in [0.15, 0.2) is 0 Å². The van der Waals surface area contributed by atoms with Gasteiger partial charge in [-0.15, -0.1) is 0 Å². The largest absolute Gasteiger partial charge is 0.493 e. The molecular weight excluding hydrogens is 265 g/mol. The van der Waals surface area contributed by atoms with Gasteiger partial charge in [-0.1, -0.05) is 32.8 Å². The first-order chi connectivity index (χ1) is 10.2. The summed E-state index contributed by atoms with van der Waals surface area (Å²) in [5, 5.41) is 0. The lowest BCUT2D eigenvalue weighted by molar-refractivity contribution is 0.308. The Bertz CT molecular complexity index is 566. The van der Waals surface area contributed by atoms with Gasteiger partial charge in [-0.25, -0.2) is 4.39 Å². The summed E-state index contributed by atoms with van der Waals surface area (Å²) >= 11 is 0. The van der Waals surface area contributed by atoms with Gasteiger partial charge in [-0.2, -0.15) is 0 Å². The smallest absolute Gasteiger partial charge is 0.136 e. The highest BCUT2D eigenvalue weighted by molar-refractivity contribution is 5.61. The van der Waals surface area contributed by atoms with Crippen molar-refractivity contribution in [2.24, 2.45) is 0 Å². The van der Waals surface area contributed by atoms with Crippen molar-refractivity contribution in [3.63, 3.8) is 0 Å². The molecule has 0 saturated carbocycles. The summed E-state index contributed by atoms with van der Waals surface area (Å²) in [5.74, 6) is 0.284. The van der Waals surface area contributed by atoms with Gasteiger partial charge in [0.05, 0.1) is 12.3 Å². The predicted molar refractivity (Wildman–Crippen MR) is 84.0 cm³/mol. The molecule has 1 aromatic carbocycles. The van der Waals surface area contributed by atoms with Crippen LogP contribution in [0.15, 0.2) is 36.5 Å². The molecule has 112 valence electrons. The minimum Gasteiger partial charge on any atom is -0.493 e. The molecular formula is C18H22FNO. The summed E-state index contributed by atoms with van der Waals surface area (Å²) in [4.78, 5) is 4.35. The number of benzene rings is 1. The van der Waals surface area contributed by atoms with Crippen LogP contribution in [-0.4, -0.2) is 11.6 Å². The van der Waals surface area contributed by atoms with E-state index in [9.17, 15) is 4.39 Å². The lowest BCUT2D eigenvalue weighted by Crippen LogP contribution is -1.97.